The Hall–Kier alpha value is -0.670. The predicted octanol–water partition coefficient (Wildman–Crippen LogP) is 3.54. The number of nitrogens with zero attached hydrogens (tertiary/aromatic N) is 2. The molecule has 0 fully saturated rings. The SMILES string of the molecule is CC(C)Cc1cc2c(Cl)nncc2s1. The van der Waals surface area contributed by atoms with E-state index < -0.39 is 0 Å². The van der Waals surface area contributed by atoms with E-state index in [1.807, 2.05) is 0 Å². The third kappa shape index (κ3) is 1.88. The molecule has 0 aliphatic rings. The van der Waals surface area contributed by atoms with Gasteiger partial charge in [-0.1, -0.05) is 25.4 Å². The average molecular weight is 227 g/mol. The van der Waals surface area contributed by atoms with Crippen molar-refractivity contribution < 1.29 is 0 Å². The highest BCUT2D eigenvalue weighted by molar-refractivity contribution is 7.19. The molecule has 14 heavy (non-hydrogen) atoms. The summed E-state index contributed by atoms with van der Waals surface area (Å²) in [6.07, 6.45) is 2.87. The van der Waals surface area contributed by atoms with Crippen LogP contribution < -0.4 is 0 Å². The summed E-state index contributed by atoms with van der Waals surface area (Å²) in [5.74, 6) is 0.669. The Morgan fingerprint density at radius 2 is 2.29 bits per heavy atom. The van der Waals surface area contributed by atoms with E-state index in [1.165, 1.54) is 4.88 Å². The van der Waals surface area contributed by atoms with Crippen LogP contribution in [0.4, 0.5) is 0 Å². The summed E-state index contributed by atoms with van der Waals surface area (Å²) in [5, 5.41) is 9.19. The summed E-state index contributed by atoms with van der Waals surface area (Å²) >= 11 is 7.69. The van der Waals surface area contributed by atoms with Gasteiger partial charge in [0.25, 0.3) is 0 Å². The fraction of sp³-hybridized carbons (Fsp3) is 0.400. The minimum absolute atomic E-state index is 0.508. The zero-order valence-electron chi connectivity index (χ0n) is 8.12. The summed E-state index contributed by atoms with van der Waals surface area (Å²) in [4.78, 5) is 1.35. The van der Waals surface area contributed by atoms with Crippen LogP contribution >= 0.6 is 22.9 Å². The van der Waals surface area contributed by atoms with Crippen molar-refractivity contribution in [3.63, 3.8) is 0 Å². The minimum Gasteiger partial charge on any atom is -0.156 e. The summed E-state index contributed by atoms with van der Waals surface area (Å²) in [7, 11) is 0. The molecule has 0 bridgehead atoms. The van der Waals surface area contributed by atoms with Crippen molar-refractivity contribution in [2.45, 2.75) is 20.3 Å². The van der Waals surface area contributed by atoms with Crippen molar-refractivity contribution in [3.05, 3.63) is 22.3 Å². The number of fused-ring (bicyclic) bond motifs is 1. The zero-order valence-corrected chi connectivity index (χ0v) is 9.69. The minimum atomic E-state index is 0.508. The van der Waals surface area contributed by atoms with E-state index in [1.54, 1.807) is 17.5 Å². The first-order valence-electron chi connectivity index (χ1n) is 4.56. The third-order valence-corrected chi connectivity index (χ3v) is 3.34. The van der Waals surface area contributed by atoms with Gasteiger partial charge in [0.1, 0.15) is 0 Å². The summed E-state index contributed by atoms with van der Waals surface area (Å²) in [6.45, 7) is 4.42. The molecule has 0 unspecified atom stereocenters. The van der Waals surface area contributed by atoms with E-state index >= 15 is 0 Å². The molecule has 0 aromatic carbocycles. The van der Waals surface area contributed by atoms with Crippen molar-refractivity contribution in [2.24, 2.45) is 5.92 Å². The molecule has 0 atom stereocenters. The second kappa shape index (κ2) is 3.83. The Morgan fingerprint density at radius 3 is 2.93 bits per heavy atom. The lowest BCUT2D eigenvalue weighted by molar-refractivity contribution is 0.654. The molecular weight excluding hydrogens is 216 g/mol. The molecule has 4 heteroatoms. The van der Waals surface area contributed by atoms with Crippen LogP contribution in [0.2, 0.25) is 5.15 Å². The first kappa shape index (κ1) is 9.87. The fourth-order valence-electron chi connectivity index (χ4n) is 1.40. The normalized spacial score (nSPS) is 11.4. The van der Waals surface area contributed by atoms with Crippen molar-refractivity contribution in [3.8, 4) is 0 Å². The lowest BCUT2D eigenvalue weighted by Crippen LogP contribution is -1.89. The van der Waals surface area contributed by atoms with Crippen LogP contribution in [0.1, 0.15) is 18.7 Å². The van der Waals surface area contributed by atoms with Crippen molar-refractivity contribution in [2.75, 3.05) is 0 Å². The average Bonchev–Trinajstić information content (AvgIpc) is 2.47. The molecule has 2 aromatic rings. The van der Waals surface area contributed by atoms with Gasteiger partial charge in [-0.15, -0.1) is 16.4 Å². The molecule has 0 aliphatic heterocycles. The Morgan fingerprint density at radius 1 is 1.50 bits per heavy atom. The summed E-state index contributed by atoms with van der Waals surface area (Å²) in [5.41, 5.74) is 0. The number of hydrogen-bond acceptors (Lipinski definition) is 3. The van der Waals surface area contributed by atoms with Gasteiger partial charge in [-0.05, 0) is 18.4 Å². The number of aromatic nitrogens is 2. The molecule has 0 amide bonds. The fourth-order valence-corrected chi connectivity index (χ4v) is 2.90. The molecule has 0 saturated carbocycles. The molecular formula is C10H11ClN2S. The van der Waals surface area contributed by atoms with Crippen molar-refractivity contribution >= 4 is 33.0 Å². The Balaban J connectivity index is 2.46. The Labute approximate surface area is 91.9 Å². The van der Waals surface area contributed by atoms with Gasteiger partial charge >= 0.3 is 0 Å². The molecule has 0 saturated heterocycles. The maximum Gasteiger partial charge on any atom is 0.160 e. The van der Waals surface area contributed by atoms with Crippen LogP contribution in [0.15, 0.2) is 12.3 Å². The number of hydrogen-bond donors (Lipinski definition) is 0. The van der Waals surface area contributed by atoms with Crippen LogP contribution in [0.5, 0.6) is 0 Å². The van der Waals surface area contributed by atoms with Gasteiger partial charge in [0.2, 0.25) is 0 Å². The smallest absolute Gasteiger partial charge is 0.156 e. The van der Waals surface area contributed by atoms with Crippen molar-refractivity contribution in [1.82, 2.24) is 10.2 Å². The molecule has 0 aliphatic carbocycles. The van der Waals surface area contributed by atoms with Gasteiger partial charge in [0.15, 0.2) is 5.15 Å². The highest BCUT2D eigenvalue weighted by Gasteiger charge is 2.07. The monoisotopic (exact) mass is 226 g/mol. The maximum atomic E-state index is 5.94. The molecule has 0 N–H and O–H groups in total. The number of rotatable bonds is 2. The molecule has 0 spiro atoms. The first-order valence-corrected chi connectivity index (χ1v) is 5.76. The molecule has 74 valence electrons. The lowest BCUT2D eigenvalue weighted by atomic mass is 10.1. The second-order valence-electron chi connectivity index (χ2n) is 3.72. The number of thiophene rings is 1. The van der Waals surface area contributed by atoms with Gasteiger partial charge in [-0.25, -0.2) is 0 Å². The van der Waals surface area contributed by atoms with Crippen LogP contribution in [0.25, 0.3) is 10.1 Å². The Bertz CT molecular complexity index is 450. The number of halogens is 1. The molecule has 2 aromatic heterocycles. The molecule has 2 nitrogen and oxygen atoms in total. The molecule has 2 rings (SSSR count). The topological polar surface area (TPSA) is 25.8 Å². The van der Waals surface area contributed by atoms with Crippen LogP contribution in [0.3, 0.4) is 0 Å². The zero-order chi connectivity index (χ0) is 10.1. The van der Waals surface area contributed by atoms with E-state index in [0.717, 1.165) is 16.5 Å². The van der Waals surface area contributed by atoms with E-state index in [0.29, 0.717) is 11.1 Å². The van der Waals surface area contributed by atoms with Gasteiger partial charge < -0.3 is 0 Å². The highest BCUT2D eigenvalue weighted by atomic mass is 35.5. The second-order valence-corrected chi connectivity index (χ2v) is 5.25. The third-order valence-electron chi connectivity index (χ3n) is 1.96. The molecule has 2 heterocycles. The van der Waals surface area contributed by atoms with Gasteiger partial charge in [0, 0.05) is 10.3 Å². The predicted molar refractivity (Wildman–Crippen MR) is 61.0 cm³/mol. The quantitative estimate of drug-likeness (QED) is 0.783. The van der Waals surface area contributed by atoms with E-state index in [-0.39, 0.29) is 0 Å². The van der Waals surface area contributed by atoms with Gasteiger partial charge in [0.05, 0.1) is 10.9 Å². The van der Waals surface area contributed by atoms with Crippen LogP contribution in [-0.4, -0.2) is 10.2 Å². The van der Waals surface area contributed by atoms with Crippen LogP contribution in [0, 0.1) is 5.92 Å². The molecule has 0 radical (unpaired) electrons. The van der Waals surface area contributed by atoms with E-state index in [9.17, 15) is 0 Å². The highest BCUT2D eigenvalue weighted by Crippen LogP contribution is 2.30. The van der Waals surface area contributed by atoms with Gasteiger partial charge in [-0.2, -0.15) is 5.10 Å². The van der Waals surface area contributed by atoms with Gasteiger partial charge in [-0.3, -0.25) is 0 Å². The largest absolute Gasteiger partial charge is 0.160 e. The summed E-state index contributed by atoms with van der Waals surface area (Å²) in [6, 6.07) is 2.12. The standard InChI is InChI=1S/C10H11ClN2S/c1-6(2)3-7-4-8-9(14-7)5-12-13-10(8)11/h4-6H,3H2,1-2H3. The van der Waals surface area contributed by atoms with Crippen LogP contribution in [-0.2, 0) is 6.42 Å². The van der Waals surface area contributed by atoms with E-state index in [4.69, 9.17) is 11.6 Å². The first-order chi connectivity index (χ1) is 6.66. The Kier molecular flexibility index (Phi) is 2.70. The summed E-state index contributed by atoms with van der Waals surface area (Å²) < 4.78 is 1.13. The maximum absolute atomic E-state index is 5.94. The van der Waals surface area contributed by atoms with E-state index in [2.05, 4.69) is 30.1 Å². The van der Waals surface area contributed by atoms with Crippen molar-refractivity contribution in [1.29, 1.82) is 0 Å². The lowest BCUT2D eigenvalue weighted by Gasteiger charge is -1.98.